The number of hydrogen-bond acceptors (Lipinski definition) is 4. The zero-order chi connectivity index (χ0) is 20.3. The highest BCUT2D eigenvalue weighted by Crippen LogP contribution is 2.50. The van der Waals surface area contributed by atoms with Crippen LogP contribution in [-0.4, -0.2) is 24.2 Å². The Kier molecular flexibility index (Phi) is 8.79. The fourth-order valence-corrected chi connectivity index (χ4v) is 14.8. The van der Waals surface area contributed by atoms with Gasteiger partial charge < -0.3 is 9.47 Å². The standard InChI is InChI=1S/C18H18I4O4S/c1-25-15-7-3-13(4-8-15)11-17(19,20)27(23,24)18(21,22)12-14-5-9-16(26-2)10-6-14/h3-10H,11-12H2,1-2H3. The highest BCUT2D eigenvalue weighted by molar-refractivity contribution is 14.2. The number of alkyl halides is 4. The number of methoxy groups -OCH3 is 2. The van der Waals surface area contributed by atoms with E-state index in [9.17, 15) is 8.42 Å². The second-order valence-corrected chi connectivity index (χ2v) is 22.7. The summed E-state index contributed by atoms with van der Waals surface area (Å²) >= 11 is 8.23. The summed E-state index contributed by atoms with van der Waals surface area (Å²) in [5.74, 6) is 1.51. The molecule has 0 aliphatic carbocycles. The summed E-state index contributed by atoms with van der Waals surface area (Å²) in [5, 5.41) is 0. The molecule has 0 heterocycles. The monoisotopic (exact) mass is 838 g/mol. The van der Waals surface area contributed by atoms with E-state index in [2.05, 4.69) is 90.4 Å². The van der Waals surface area contributed by atoms with Gasteiger partial charge >= 0.3 is 0 Å². The lowest BCUT2D eigenvalue weighted by Gasteiger charge is -2.30. The van der Waals surface area contributed by atoms with E-state index in [1.165, 1.54) is 0 Å². The number of benzene rings is 2. The third-order valence-electron chi connectivity index (χ3n) is 3.92. The summed E-state index contributed by atoms with van der Waals surface area (Å²) in [6.07, 6.45) is 0.827. The van der Waals surface area contributed by atoms with Crippen LogP contribution in [0.25, 0.3) is 0 Å². The van der Waals surface area contributed by atoms with Crippen molar-refractivity contribution in [3.8, 4) is 11.5 Å². The SMILES string of the molecule is COc1ccc(CC(I)(I)S(=O)(=O)C(I)(I)Cc2ccc(OC)cc2)cc1. The van der Waals surface area contributed by atoms with Gasteiger partial charge in [0.2, 0.25) is 0 Å². The van der Waals surface area contributed by atoms with Gasteiger partial charge in [-0.05, 0) is 126 Å². The van der Waals surface area contributed by atoms with E-state index in [4.69, 9.17) is 9.47 Å². The van der Waals surface area contributed by atoms with Gasteiger partial charge in [-0.1, -0.05) is 24.3 Å². The molecule has 27 heavy (non-hydrogen) atoms. The van der Waals surface area contributed by atoms with Gasteiger partial charge in [0.25, 0.3) is 0 Å². The molecule has 0 aliphatic rings. The predicted molar refractivity (Wildman–Crippen MR) is 144 cm³/mol. The molecule has 0 aromatic heterocycles. The molecule has 0 aliphatic heterocycles. The van der Waals surface area contributed by atoms with E-state index >= 15 is 0 Å². The quantitative estimate of drug-likeness (QED) is 0.244. The molecule has 2 rings (SSSR count). The molecule has 9 heteroatoms. The van der Waals surface area contributed by atoms with Gasteiger partial charge in [-0.3, -0.25) is 0 Å². The molecule has 0 atom stereocenters. The molecule has 0 saturated heterocycles. The van der Waals surface area contributed by atoms with Gasteiger partial charge in [0.1, 0.15) is 11.5 Å². The normalized spacial score (nSPS) is 12.7. The molecule has 0 bridgehead atoms. The van der Waals surface area contributed by atoms with Crippen molar-refractivity contribution in [2.75, 3.05) is 14.2 Å². The third kappa shape index (κ3) is 5.96. The van der Waals surface area contributed by atoms with E-state index in [0.717, 1.165) is 22.6 Å². The summed E-state index contributed by atoms with van der Waals surface area (Å²) in [6, 6.07) is 15.0. The molecule has 0 radical (unpaired) electrons. The molecule has 0 unspecified atom stereocenters. The molecular weight excluding hydrogens is 820 g/mol. The Morgan fingerprint density at radius 1 is 0.704 bits per heavy atom. The molecule has 2 aromatic rings. The molecule has 0 fully saturated rings. The summed E-state index contributed by atoms with van der Waals surface area (Å²) in [6.45, 7) is 0. The maximum Gasteiger partial charge on any atom is 0.199 e. The summed E-state index contributed by atoms with van der Waals surface area (Å²) in [7, 11) is -0.259. The first-order valence-corrected chi connectivity index (χ1v) is 13.6. The Morgan fingerprint density at radius 2 is 1.00 bits per heavy atom. The van der Waals surface area contributed by atoms with E-state index in [1.54, 1.807) is 14.2 Å². The van der Waals surface area contributed by atoms with Crippen molar-refractivity contribution >= 4 is 100 Å². The Hall–Kier alpha value is 0.910. The minimum absolute atomic E-state index is 0.414. The van der Waals surface area contributed by atoms with Crippen molar-refractivity contribution in [3.05, 3.63) is 59.7 Å². The summed E-state index contributed by atoms with van der Waals surface area (Å²) < 4.78 is 35.3. The largest absolute Gasteiger partial charge is 0.497 e. The van der Waals surface area contributed by atoms with Crippen molar-refractivity contribution < 1.29 is 17.9 Å². The Bertz CT molecular complexity index is 796. The van der Waals surface area contributed by atoms with Crippen LogP contribution in [-0.2, 0) is 22.7 Å². The van der Waals surface area contributed by atoms with E-state index in [-0.39, 0.29) is 0 Å². The highest BCUT2D eigenvalue weighted by Gasteiger charge is 2.51. The van der Waals surface area contributed by atoms with Crippen molar-refractivity contribution in [2.24, 2.45) is 0 Å². The van der Waals surface area contributed by atoms with Gasteiger partial charge in [-0.25, -0.2) is 8.42 Å². The van der Waals surface area contributed by atoms with Gasteiger partial charge in [-0.2, -0.15) is 0 Å². The van der Waals surface area contributed by atoms with Crippen LogP contribution in [0.3, 0.4) is 0 Å². The van der Waals surface area contributed by atoms with Gasteiger partial charge in [0.05, 0.1) is 14.2 Å². The Labute approximate surface area is 215 Å². The highest BCUT2D eigenvalue weighted by atomic mass is 127. The zero-order valence-electron chi connectivity index (χ0n) is 14.6. The number of rotatable bonds is 8. The lowest BCUT2D eigenvalue weighted by atomic mass is 10.2. The molecule has 0 amide bonds. The third-order valence-corrected chi connectivity index (χ3v) is 14.3. The van der Waals surface area contributed by atoms with Crippen LogP contribution < -0.4 is 9.47 Å². The van der Waals surface area contributed by atoms with Crippen LogP contribution in [0.2, 0.25) is 0 Å². The number of ether oxygens (including phenoxy) is 2. The molecular formula is C18H18I4O4S. The Balaban J connectivity index is 2.23. The molecule has 0 N–H and O–H groups in total. The number of sulfone groups is 1. The first-order chi connectivity index (χ1) is 12.5. The second-order valence-electron chi connectivity index (χ2n) is 5.83. The maximum absolute atomic E-state index is 13.4. The van der Waals surface area contributed by atoms with Crippen LogP contribution >= 0.6 is 90.4 Å². The zero-order valence-corrected chi connectivity index (χ0v) is 24.0. The summed E-state index contributed by atoms with van der Waals surface area (Å²) in [4.78, 5) is 0. The first-order valence-electron chi connectivity index (χ1n) is 7.78. The topological polar surface area (TPSA) is 52.6 Å². The first kappa shape index (κ1) is 24.2. The molecule has 4 nitrogen and oxygen atoms in total. The Morgan fingerprint density at radius 3 is 1.26 bits per heavy atom. The van der Waals surface area contributed by atoms with E-state index in [1.807, 2.05) is 48.5 Å². The van der Waals surface area contributed by atoms with Crippen molar-refractivity contribution in [3.63, 3.8) is 0 Å². The van der Waals surface area contributed by atoms with Gasteiger partial charge in [-0.15, -0.1) is 0 Å². The van der Waals surface area contributed by atoms with Crippen LogP contribution in [0.1, 0.15) is 11.1 Å². The average molecular weight is 838 g/mol. The van der Waals surface area contributed by atoms with Crippen LogP contribution in [0.15, 0.2) is 48.5 Å². The van der Waals surface area contributed by atoms with Crippen molar-refractivity contribution in [2.45, 2.75) is 14.4 Å². The summed E-state index contributed by atoms with van der Waals surface area (Å²) in [5.41, 5.74) is 1.91. The van der Waals surface area contributed by atoms with Gasteiger partial charge in [0.15, 0.2) is 11.4 Å². The van der Waals surface area contributed by atoms with Crippen LogP contribution in [0, 0.1) is 0 Å². The molecule has 0 spiro atoms. The van der Waals surface area contributed by atoms with Crippen LogP contribution in [0.5, 0.6) is 11.5 Å². The van der Waals surface area contributed by atoms with Gasteiger partial charge in [0, 0.05) is 12.8 Å². The molecule has 0 saturated carbocycles. The lowest BCUT2D eigenvalue weighted by molar-refractivity contribution is 0.414. The molecule has 148 valence electrons. The number of hydrogen-bond donors (Lipinski definition) is 0. The van der Waals surface area contributed by atoms with Crippen LogP contribution in [0.4, 0.5) is 0 Å². The van der Waals surface area contributed by atoms with Crippen molar-refractivity contribution in [1.82, 2.24) is 0 Å². The smallest absolute Gasteiger partial charge is 0.199 e. The predicted octanol–water partition coefficient (Wildman–Crippen LogP) is 5.95. The minimum atomic E-state index is -3.48. The maximum atomic E-state index is 13.4. The minimum Gasteiger partial charge on any atom is -0.497 e. The van der Waals surface area contributed by atoms with E-state index in [0.29, 0.717) is 12.8 Å². The lowest BCUT2D eigenvalue weighted by Crippen LogP contribution is -2.40. The number of halogens is 4. The van der Waals surface area contributed by atoms with Crippen molar-refractivity contribution in [1.29, 1.82) is 0 Å². The molecule has 2 aromatic carbocycles. The average Bonchev–Trinajstić information content (AvgIpc) is 2.62. The second kappa shape index (κ2) is 9.81. The fraction of sp³-hybridized carbons (Fsp3) is 0.333. The fourth-order valence-electron chi connectivity index (χ4n) is 2.37. The van der Waals surface area contributed by atoms with E-state index < -0.39 is 11.4 Å².